The van der Waals surface area contributed by atoms with Crippen LogP contribution in [0.25, 0.3) is 0 Å². The van der Waals surface area contributed by atoms with E-state index in [2.05, 4.69) is 34.3 Å². The molecule has 2 aromatic rings. The fourth-order valence-corrected chi connectivity index (χ4v) is 3.36. The van der Waals surface area contributed by atoms with Crippen LogP contribution in [0.1, 0.15) is 22.3 Å². The summed E-state index contributed by atoms with van der Waals surface area (Å²) in [4.78, 5) is 16.9. The molecule has 1 heterocycles. The highest BCUT2D eigenvalue weighted by atomic mass is 19.4. The molecule has 0 bridgehead atoms. The number of rotatable bonds is 6. The van der Waals surface area contributed by atoms with Gasteiger partial charge in [-0.25, -0.2) is 0 Å². The third kappa shape index (κ3) is 6.58. The van der Waals surface area contributed by atoms with Gasteiger partial charge in [-0.1, -0.05) is 36.4 Å². The molecule has 1 fully saturated rings. The molecule has 0 spiro atoms. The zero-order chi connectivity index (χ0) is 20.9. The number of amides is 1. The monoisotopic (exact) mass is 405 g/mol. The van der Waals surface area contributed by atoms with Gasteiger partial charge in [0, 0.05) is 39.3 Å². The molecule has 0 radical (unpaired) electrons. The van der Waals surface area contributed by atoms with Crippen LogP contribution < -0.4 is 5.32 Å². The van der Waals surface area contributed by atoms with Gasteiger partial charge in [0.05, 0.1) is 12.0 Å². The van der Waals surface area contributed by atoms with Crippen molar-refractivity contribution in [2.75, 3.05) is 33.2 Å². The molecule has 0 aromatic heterocycles. The Hall–Kier alpha value is -2.38. The smallest absolute Gasteiger partial charge is 0.352 e. The largest absolute Gasteiger partial charge is 0.416 e. The van der Waals surface area contributed by atoms with E-state index >= 15 is 0 Å². The normalized spacial score (nSPS) is 16.0. The van der Waals surface area contributed by atoms with Crippen molar-refractivity contribution in [3.63, 3.8) is 0 Å². The van der Waals surface area contributed by atoms with Crippen molar-refractivity contribution >= 4 is 5.91 Å². The minimum atomic E-state index is -4.37. The van der Waals surface area contributed by atoms with Crippen molar-refractivity contribution < 1.29 is 18.0 Å². The van der Waals surface area contributed by atoms with Crippen molar-refractivity contribution in [3.05, 3.63) is 70.8 Å². The third-order valence-electron chi connectivity index (χ3n) is 5.13. The van der Waals surface area contributed by atoms with Gasteiger partial charge in [-0.15, -0.1) is 0 Å². The number of likely N-dealkylation sites (N-methyl/N-ethyl adjacent to an activating group) is 1. The molecule has 1 aliphatic rings. The highest BCUT2D eigenvalue weighted by Gasteiger charge is 2.29. The molecule has 156 valence electrons. The number of hydrogen-bond acceptors (Lipinski definition) is 3. The first-order chi connectivity index (χ1) is 13.8. The summed E-state index contributed by atoms with van der Waals surface area (Å²) in [5.41, 5.74) is 2.07. The summed E-state index contributed by atoms with van der Waals surface area (Å²) in [6.45, 7) is 5.52. The van der Waals surface area contributed by atoms with Crippen LogP contribution in [-0.4, -0.2) is 48.9 Å². The minimum Gasteiger partial charge on any atom is -0.352 e. The SMILES string of the molecule is CN1CCN(Cc2cccc(CNC(=O)Cc3ccc(C(F)(F)F)cc3)c2)CC1. The van der Waals surface area contributed by atoms with Gasteiger partial charge >= 0.3 is 6.18 Å². The van der Waals surface area contributed by atoms with E-state index in [9.17, 15) is 18.0 Å². The van der Waals surface area contributed by atoms with Crippen molar-refractivity contribution in [1.29, 1.82) is 0 Å². The predicted octanol–water partition coefficient (Wildman–Crippen LogP) is 3.31. The van der Waals surface area contributed by atoms with E-state index in [4.69, 9.17) is 0 Å². The number of carbonyl (C=O) groups excluding carboxylic acids is 1. The van der Waals surface area contributed by atoms with Crippen molar-refractivity contribution in [2.45, 2.75) is 25.7 Å². The standard InChI is InChI=1S/C22H26F3N3O/c1-27-9-11-28(12-10-27)16-19-4-2-3-18(13-19)15-26-21(29)14-17-5-7-20(8-6-17)22(23,24)25/h2-8,13H,9-12,14-16H2,1H3,(H,26,29). The van der Waals surface area contributed by atoms with Crippen LogP contribution in [0.2, 0.25) is 0 Å². The van der Waals surface area contributed by atoms with E-state index in [1.165, 1.54) is 17.7 Å². The number of carbonyl (C=O) groups is 1. The van der Waals surface area contributed by atoms with Gasteiger partial charge in [0.1, 0.15) is 0 Å². The van der Waals surface area contributed by atoms with E-state index in [0.29, 0.717) is 12.1 Å². The Morgan fingerprint density at radius 1 is 0.966 bits per heavy atom. The Bertz CT molecular complexity index is 813. The van der Waals surface area contributed by atoms with E-state index in [1.807, 2.05) is 12.1 Å². The molecule has 2 aromatic carbocycles. The Morgan fingerprint density at radius 2 is 1.62 bits per heavy atom. The lowest BCUT2D eigenvalue weighted by atomic mass is 10.1. The first kappa shape index (κ1) is 21.3. The molecule has 7 heteroatoms. The van der Waals surface area contributed by atoms with Crippen molar-refractivity contribution in [1.82, 2.24) is 15.1 Å². The number of hydrogen-bond donors (Lipinski definition) is 1. The summed E-state index contributed by atoms with van der Waals surface area (Å²) < 4.78 is 37.8. The van der Waals surface area contributed by atoms with Crippen LogP contribution in [0.4, 0.5) is 13.2 Å². The van der Waals surface area contributed by atoms with Gasteiger partial charge in [0.2, 0.25) is 5.91 Å². The maximum absolute atomic E-state index is 12.6. The van der Waals surface area contributed by atoms with Crippen molar-refractivity contribution in [2.24, 2.45) is 0 Å². The molecule has 0 aliphatic carbocycles. The number of benzene rings is 2. The molecular weight excluding hydrogens is 379 g/mol. The third-order valence-corrected chi connectivity index (χ3v) is 5.13. The molecule has 29 heavy (non-hydrogen) atoms. The Morgan fingerprint density at radius 3 is 2.28 bits per heavy atom. The molecule has 1 aliphatic heterocycles. The number of halogens is 3. The Balaban J connectivity index is 1.48. The van der Waals surface area contributed by atoms with E-state index in [0.717, 1.165) is 50.4 Å². The van der Waals surface area contributed by atoms with Gasteiger partial charge in [-0.2, -0.15) is 13.2 Å². The van der Waals surface area contributed by atoms with Crippen LogP contribution >= 0.6 is 0 Å². The zero-order valence-corrected chi connectivity index (χ0v) is 16.5. The van der Waals surface area contributed by atoms with Gasteiger partial charge in [0.25, 0.3) is 0 Å². The molecule has 4 nitrogen and oxygen atoms in total. The molecule has 1 N–H and O–H groups in total. The fraction of sp³-hybridized carbons (Fsp3) is 0.409. The molecule has 1 amide bonds. The molecular formula is C22H26F3N3O. The van der Waals surface area contributed by atoms with Crippen LogP contribution in [0, 0.1) is 0 Å². The molecule has 0 unspecified atom stereocenters. The van der Waals surface area contributed by atoms with Crippen molar-refractivity contribution in [3.8, 4) is 0 Å². The zero-order valence-electron chi connectivity index (χ0n) is 16.5. The Kier molecular flexibility index (Phi) is 6.92. The fourth-order valence-electron chi connectivity index (χ4n) is 3.36. The molecule has 0 atom stereocenters. The average molecular weight is 405 g/mol. The first-order valence-electron chi connectivity index (χ1n) is 9.71. The second kappa shape index (κ2) is 9.41. The van der Waals surface area contributed by atoms with Crippen LogP contribution in [-0.2, 0) is 30.5 Å². The van der Waals surface area contributed by atoms with Crippen LogP contribution in [0.5, 0.6) is 0 Å². The average Bonchev–Trinajstić information content (AvgIpc) is 2.68. The topological polar surface area (TPSA) is 35.6 Å². The number of piperazine rings is 1. The molecule has 1 saturated heterocycles. The summed E-state index contributed by atoms with van der Waals surface area (Å²) in [5.74, 6) is -0.214. The summed E-state index contributed by atoms with van der Waals surface area (Å²) in [7, 11) is 2.13. The predicted molar refractivity (Wildman–Crippen MR) is 106 cm³/mol. The molecule has 3 rings (SSSR count). The number of alkyl halides is 3. The lowest BCUT2D eigenvalue weighted by Crippen LogP contribution is -2.43. The maximum atomic E-state index is 12.6. The highest BCUT2D eigenvalue weighted by Crippen LogP contribution is 2.29. The summed E-state index contributed by atoms with van der Waals surface area (Å²) in [6.07, 6.45) is -4.31. The summed E-state index contributed by atoms with van der Waals surface area (Å²) in [5, 5.41) is 2.85. The van der Waals surface area contributed by atoms with E-state index < -0.39 is 11.7 Å². The second-order valence-electron chi connectivity index (χ2n) is 7.55. The summed E-state index contributed by atoms with van der Waals surface area (Å²) in [6, 6.07) is 12.8. The van der Waals surface area contributed by atoms with Crippen LogP contribution in [0.15, 0.2) is 48.5 Å². The van der Waals surface area contributed by atoms with E-state index in [-0.39, 0.29) is 12.3 Å². The van der Waals surface area contributed by atoms with Crippen LogP contribution in [0.3, 0.4) is 0 Å². The second-order valence-corrected chi connectivity index (χ2v) is 7.55. The Labute approximate surface area is 169 Å². The maximum Gasteiger partial charge on any atom is 0.416 e. The lowest BCUT2D eigenvalue weighted by Gasteiger charge is -2.32. The molecule has 0 saturated carbocycles. The number of nitrogens with zero attached hydrogens (tertiary/aromatic N) is 2. The van der Waals surface area contributed by atoms with E-state index in [1.54, 1.807) is 0 Å². The van der Waals surface area contributed by atoms with Gasteiger partial charge in [-0.3, -0.25) is 9.69 Å². The van der Waals surface area contributed by atoms with Gasteiger partial charge in [0.15, 0.2) is 0 Å². The lowest BCUT2D eigenvalue weighted by molar-refractivity contribution is -0.137. The quantitative estimate of drug-likeness (QED) is 0.801. The highest BCUT2D eigenvalue weighted by molar-refractivity contribution is 5.78. The number of nitrogens with one attached hydrogen (secondary N) is 1. The van der Waals surface area contributed by atoms with Gasteiger partial charge in [-0.05, 0) is 35.9 Å². The summed E-state index contributed by atoms with van der Waals surface area (Å²) >= 11 is 0. The minimum absolute atomic E-state index is 0.0547. The first-order valence-corrected chi connectivity index (χ1v) is 9.71. The van der Waals surface area contributed by atoms with Gasteiger partial charge < -0.3 is 10.2 Å².